The Balaban J connectivity index is 2.23. The average Bonchev–Trinajstić information content (AvgIpc) is 2.46. The van der Waals surface area contributed by atoms with Gasteiger partial charge in [-0.25, -0.2) is 0 Å². The molecule has 0 fully saturated rings. The van der Waals surface area contributed by atoms with Gasteiger partial charge >= 0.3 is 0 Å². The van der Waals surface area contributed by atoms with Gasteiger partial charge in [0, 0.05) is 5.69 Å². The van der Waals surface area contributed by atoms with Crippen molar-refractivity contribution >= 4 is 5.69 Å². The molecule has 0 aliphatic rings. The highest BCUT2D eigenvalue weighted by Gasteiger charge is 2.12. The van der Waals surface area contributed by atoms with Gasteiger partial charge in [-0.05, 0) is 29.7 Å². The van der Waals surface area contributed by atoms with Crippen LogP contribution in [0.25, 0.3) is 0 Å². The summed E-state index contributed by atoms with van der Waals surface area (Å²) >= 11 is 0. The SMILES string of the molecule is CCc1ccccc1C(CO)Nc1ccccc1. The first-order valence-electron chi connectivity index (χ1n) is 6.35. The van der Waals surface area contributed by atoms with Gasteiger partial charge in [0.15, 0.2) is 0 Å². The second-order valence-electron chi connectivity index (χ2n) is 4.30. The van der Waals surface area contributed by atoms with Gasteiger partial charge in [-0.2, -0.15) is 0 Å². The first-order chi connectivity index (χ1) is 8.85. The summed E-state index contributed by atoms with van der Waals surface area (Å²) in [5.41, 5.74) is 3.48. The van der Waals surface area contributed by atoms with Crippen LogP contribution in [0.4, 0.5) is 5.69 Å². The van der Waals surface area contributed by atoms with Gasteiger partial charge in [-0.1, -0.05) is 49.4 Å². The summed E-state index contributed by atoms with van der Waals surface area (Å²) in [5.74, 6) is 0. The van der Waals surface area contributed by atoms with Gasteiger partial charge in [0.2, 0.25) is 0 Å². The van der Waals surface area contributed by atoms with Crippen molar-refractivity contribution in [1.82, 2.24) is 0 Å². The van der Waals surface area contributed by atoms with E-state index in [4.69, 9.17) is 0 Å². The van der Waals surface area contributed by atoms with Crippen molar-refractivity contribution in [3.8, 4) is 0 Å². The third-order valence-corrected chi connectivity index (χ3v) is 3.11. The van der Waals surface area contributed by atoms with E-state index in [1.54, 1.807) is 0 Å². The fraction of sp³-hybridized carbons (Fsp3) is 0.250. The fourth-order valence-corrected chi connectivity index (χ4v) is 2.15. The molecule has 0 radical (unpaired) electrons. The number of anilines is 1. The third kappa shape index (κ3) is 2.90. The highest BCUT2D eigenvalue weighted by atomic mass is 16.3. The van der Waals surface area contributed by atoms with Crippen LogP contribution in [-0.2, 0) is 6.42 Å². The van der Waals surface area contributed by atoms with Crippen LogP contribution in [0.15, 0.2) is 54.6 Å². The van der Waals surface area contributed by atoms with E-state index in [2.05, 4.69) is 24.4 Å². The zero-order valence-electron chi connectivity index (χ0n) is 10.6. The molecule has 0 bridgehead atoms. The lowest BCUT2D eigenvalue weighted by atomic mass is 9.99. The summed E-state index contributed by atoms with van der Waals surface area (Å²) in [5, 5.41) is 13.0. The Hall–Kier alpha value is -1.80. The standard InChI is InChI=1S/C16H19NO/c1-2-13-8-6-7-11-15(13)16(12-18)17-14-9-4-3-5-10-14/h3-11,16-18H,2,12H2,1H3. The van der Waals surface area contributed by atoms with E-state index in [1.165, 1.54) is 11.1 Å². The van der Waals surface area contributed by atoms with Crippen molar-refractivity contribution in [2.24, 2.45) is 0 Å². The molecule has 0 spiro atoms. The van der Waals surface area contributed by atoms with Crippen molar-refractivity contribution in [3.63, 3.8) is 0 Å². The fourth-order valence-electron chi connectivity index (χ4n) is 2.15. The van der Waals surface area contributed by atoms with Gasteiger partial charge < -0.3 is 10.4 Å². The molecule has 1 unspecified atom stereocenters. The Morgan fingerprint density at radius 3 is 2.33 bits per heavy atom. The number of para-hydroxylation sites is 1. The van der Waals surface area contributed by atoms with E-state index in [0.717, 1.165) is 12.1 Å². The van der Waals surface area contributed by atoms with Crippen LogP contribution in [0.5, 0.6) is 0 Å². The summed E-state index contributed by atoms with van der Waals surface area (Å²) in [6.45, 7) is 2.22. The van der Waals surface area contributed by atoms with Gasteiger partial charge in [-0.3, -0.25) is 0 Å². The Labute approximate surface area is 108 Å². The predicted molar refractivity (Wildman–Crippen MR) is 75.7 cm³/mol. The van der Waals surface area contributed by atoms with E-state index < -0.39 is 0 Å². The number of hydrogen-bond donors (Lipinski definition) is 2. The lowest BCUT2D eigenvalue weighted by molar-refractivity contribution is 0.276. The van der Waals surface area contributed by atoms with E-state index in [-0.39, 0.29) is 12.6 Å². The largest absolute Gasteiger partial charge is 0.394 e. The third-order valence-electron chi connectivity index (χ3n) is 3.11. The second kappa shape index (κ2) is 6.22. The Morgan fingerprint density at radius 2 is 1.67 bits per heavy atom. The summed E-state index contributed by atoms with van der Waals surface area (Å²) in [6, 6.07) is 18.2. The van der Waals surface area contributed by atoms with Gasteiger partial charge in [0.05, 0.1) is 12.6 Å². The van der Waals surface area contributed by atoms with E-state index in [9.17, 15) is 5.11 Å². The number of aryl methyl sites for hydroxylation is 1. The second-order valence-corrected chi connectivity index (χ2v) is 4.30. The van der Waals surface area contributed by atoms with E-state index in [0.29, 0.717) is 0 Å². The van der Waals surface area contributed by atoms with E-state index >= 15 is 0 Å². The minimum absolute atomic E-state index is 0.0523. The molecule has 2 heteroatoms. The van der Waals surface area contributed by atoms with Gasteiger partial charge in [-0.15, -0.1) is 0 Å². The molecule has 0 amide bonds. The minimum atomic E-state index is -0.0523. The lowest BCUT2D eigenvalue weighted by Gasteiger charge is -2.20. The molecule has 2 N–H and O–H groups in total. The normalized spacial score (nSPS) is 12.1. The van der Waals surface area contributed by atoms with Crippen LogP contribution in [-0.4, -0.2) is 11.7 Å². The Bertz CT molecular complexity index is 481. The molecule has 1 atom stereocenters. The molecule has 0 saturated heterocycles. The van der Waals surface area contributed by atoms with Crippen LogP contribution in [0.1, 0.15) is 24.1 Å². The van der Waals surface area contributed by atoms with Crippen LogP contribution in [0.2, 0.25) is 0 Å². The molecule has 2 rings (SSSR count). The quantitative estimate of drug-likeness (QED) is 0.841. The Morgan fingerprint density at radius 1 is 1.00 bits per heavy atom. The zero-order chi connectivity index (χ0) is 12.8. The molecule has 2 nitrogen and oxygen atoms in total. The lowest BCUT2D eigenvalue weighted by Crippen LogP contribution is -2.16. The minimum Gasteiger partial charge on any atom is -0.394 e. The molecule has 0 aliphatic heterocycles. The first-order valence-corrected chi connectivity index (χ1v) is 6.35. The van der Waals surface area contributed by atoms with Gasteiger partial charge in [0.1, 0.15) is 0 Å². The number of aliphatic hydroxyl groups excluding tert-OH is 1. The van der Waals surface area contributed by atoms with Crippen LogP contribution < -0.4 is 5.32 Å². The van der Waals surface area contributed by atoms with Crippen molar-refractivity contribution in [3.05, 3.63) is 65.7 Å². The molecule has 2 aromatic carbocycles. The maximum absolute atomic E-state index is 9.60. The van der Waals surface area contributed by atoms with Gasteiger partial charge in [0.25, 0.3) is 0 Å². The molecule has 0 aliphatic carbocycles. The molecule has 0 aromatic heterocycles. The first kappa shape index (κ1) is 12.7. The number of benzene rings is 2. The smallest absolute Gasteiger partial charge is 0.0747 e. The zero-order valence-corrected chi connectivity index (χ0v) is 10.6. The topological polar surface area (TPSA) is 32.3 Å². The van der Waals surface area contributed by atoms with Crippen molar-refractivity contribution in [1.29, 1.82) is 0 Å². The van der Waals surface area contributed by atoms with Crippen molar-refractivity contribution in [2.75, 3.05) is 11.9 Å². The van der Waals surface area contributed by atoms with Crippen LogP contribution in [0.3, 0.4) is 0 Å². The monoisotopic (exact) mass is 241 g/mol. The van der Waals surface area contributed by atoms with Crippen LogP contribution >= 0.6 is 0 Å². The number of nitrogens with one attached hydrogen (secondary N) is 1. The molecule has 0 saturated carbocycles. The molecular weight excluding hydrogens is 222 g/mol. The summed E-state index contributed by atoms with van der Waals surface area (Å²) in [4.78, 5) is 0. The molecule has 0 heterocycles. The molecule has 18 heavy (non-hydrogen) atoms. The summed E-state index contributed by atoms with van der Waals surface area (Å²) < 4.78 is 0. The maximum Gasteiger partial charge on any atom is 0.0747 e. The maximum atomic E-state index is 9.60. The molecule has 94 valence electrons. The summed E-state index contributed by atoms with van der Waals surface area (Å²) in [7, 11) is 0. The average molecular weight is 241 g/mol. The number of rotatable bonds is 5. The van der Waals surface area contributed by atoms with Crippen molar-refractivity contribution < 1.29 is 5.11 Å². The van der Waals surface area contributed by atoms with Crippen molar-refractivity contribution in [2.45, 2.75) is 19.4 Å². The number of hydrogen-bond acceptors (Lipinski definition) is 2. The van der Waals surface area contributed by atoms with E-state index in [1.807, 2.05) is 42.5 Å². The van der Waals surface area contributed by atoms with Crippen LogP contribution in [0, 0.1) is 0 Å². The summed E-state index contributed by atoms with van der Waals surface area (Å²) in [6.07, 6.45) is 0.975. The Kier molecular flexibility index (Phi) is 4.37. The molecule has 2 aromatic rings. The highest BCUT2D eigenvalue weighted by Crippen LogP contribution is 2.22. The molecular formula is C16H19NO. The predicted octanol–water partition coefficient (Wildman–Crippen LogP) is 3.39. The highest BCUT2D eigenvalue weighted by molar-refractivity contribution is 5.46. The number of aliphatic hydroxyl groups is 1.